The molecule has 0 bridgehead atoms. The number of hydrogen-bond donors (Lipinski definition) is 2. The van der Waals surface area contributed by atoms with Crippen LogP contribution in [0, 0.1) is 5.82 Å². The summed E-state index contributed by atoms with van der Waals surface area (Å²) in [5.74, 6) is -0.357. The topological polar surface area (TPSA) is 52.0 Å². The lowest BCUT2D eigenvalue weighted by molar-refractivity contribution is 0.629. The Morgan fingerprint density at radius 3 is 2.69 bits per heavy atom. The average molecular weight is 182 g/mol. The van der Waals surface area contributed by atoms with Gasteiger partial charge in [0.1, 0.15) is 5.82 Å². The van der Waals surface area contributed by atoms with Gasteiger partial charge in [0.05, 0.1) is 5.69 Å². The van der Waals surface area contributed by atoms with E-state index in [1.54, 1.807) is 12.1 Å². The van der Waals surface area contributed by atoms with Crippen molar-refractivity contribution in [1.82, 2.24) is 0 Å². The number of rotatable bonds is 3. The highest BCUT2D eigenvalue weighted by Crippen LogP contribution is 2.13. The van der Waals surface area contributed by atoms with E-state index in [2.05, 4.69) is 0 Å². The first-order chi connectivity index (χ1) is 6.09. The predicted octanol–water partition coefficient (Wildman–Crippen LogP) is 1.69. The van der Waals surface area contributed by atoms with Crippen molar-refractivity contribution in [1.29, 1.82) is 0 Å². The van der Waals surface area contributed by atoms with E-state index < -0.39 is 0 Å². The van der Waals surface area contributed by atoms with Crippen LogP contribution in [0.25, 0.3) is 0 Å². The molecular formula is C10H15FN2. The molecule has 0 aliphatic rings. The molecule has 0 saturated heterocycles. The zero-order valence-electron chi connectivity index (χ0n) is 7.76. The molecule has 0 spiro atoms. The zero-order valence-corrected chi connectivity index (χ0v) is 7.76. The van der Waals surface area contributed by atoms with Crippen molar-refractivity contribution >= 4 is 5.69 Å². The largest absolute Gasteiger partial charge is 0.396 e. The van der Waals surface area contributed by atoms with Gasteiger partial charge in [-0.2, -0.15) is 0 Å². The molecule has 0 saturated carbocycles. The Morgan fingerprint density at radius 1 is 1.46 bits per heavy atom. The Balaban J connectivity index is 2.63. The van der Waals surface area contributed by atoms with E-state index in [0.717, 1.165) is 18.4 Å². The molecule has 1 aromatic carbocycles. The summed E-state index contributed by atoms with van der Waals surface area (Å²) in [4.78, 5) is 0. The van der Waals surface area contributed by atoms with Crippen LogP contribution in [0.3, 0.4) is 0 Å². The van der Waals surface area contributed by atoms with Crippen LogP contribution in [0.2, 0.25) is 0 Å². The van der Waals surface area contributed by atoms with Crippen LogP contribution in [-0.2, 0) is 6.42 Å². The molecule has 4 N–H and O–H groups in total. The third-order valence-electron chi connectivity index (χ3n) is 1.95. The monoisotopic (exact) mass is 182 g/mol. The third kappa shape index (κ3) is 3.03. The first-order valence-corrected chi connectivity index (χ1v) is 4.39. The molecular weight excluding hydrogens is 167 g/mol. The van der Waals surface area contributed by atoms with Crippen molar-refractivity contribution in [3.8, 4) is 0 Å². The quantitative estimate of drug-likeness (QED) is 0.699. The van der Waals surface area contributed by atoms with Gasteiger partial charge in [0.2, 0.25) is 0 Å². The molecule has 2 nitrogen and oxygen atoms in total. The highest BCUT2D eigenvalue weighted by Gasteiger charge is 2.00. The second kappa shape index (κ2) is 4.23. The number of aryl methyl sites for hydroxylation is 1. The minimum atomic E-state index is -0.357. The maximum absolute atomic E-state index is 12.7. The van der Waals surface area contributed by atoms with Crippen molar-refractivity contribution in [2.24, 2.45) is 5.73 Å². The van der Waals surface area contributed by atoms with Gasteiger partial charge in [-0.1, -0.05) is 6.07 Å². The van der Waals surface area contributed by atoms with Crippen molar-refractivity contribution in [3.63, 3.8) is 0 Å². The van der Waals surface area contributed by atoms with Gasteiger partial charge in [-0.15, -0.1) is 0 Å². The van der Waals surface area contributed by atoms with Gasteiger partial charge in [-0.25, -0.2) is 4.39 Å². The van der Waals surface area contributed by atoms with Crippen LogP contribution in [0.1, 0.15) is 18.9 Å². The van der Waals surface area contributed by atoms with Crippen molar-refractivity contribution in [2.75, 3.05) is 5.73 Å². The summed E-state index contributed by atoms with van der Waals surface area (Å²) >= 11 is 0. The summed E-state index contributed by atoms with van der Waals surface area (Å²) < 4.78 is 12.7. The van der Waals surface area contributed by atoms with Crippen LogP contribution in [0.4, 0.5) is 10.1 Å². The molecule has 0 aliphatic carbocycles. The highest BCUT2D eigenvalue weighted by atomic mass is 19.1. The maximum Gasteiger partial charge on any atom is 0.146 e. The Labute approximate surface area is 77.7 Å². The third-order valence-corrected chi connectivity index (χ3v) is 1.95. The van der Waals surface area contributed by atoms with E-state index in [9.17, 15) is 4.39 Å². The summed E-state index contributed by atoms with van der Waals surface area (Å²) in [5, 5.41) is 0. The number of nitrogen functional groups attached to an aromatic ring is 1. The molecule has 0 radical (unpaired) electrons. The molecule has 0 heterocycles. The van der Waals surface area contributed by atoms with Crippen LogP contribution >= 0.6 is 0 Å². The smallest absolute Gasteiger partial charge is 0.146 e. The molecule has 1 unspecified atom stereocenters. The zero-order chi connectivity index (χ0) is 9.84. The summed E-state index contributed by atoms with van der Waals surface area (Å²) in [6.07, 6.45) is 1.74. The maximum atomic E-state index is 12.7. The lowest BCUT2D eigenvalue weighted by atomic mass is 10.1. The molecule has 0 amide bonds. The fourth-order valence-electron chi connectivity index (χ4n) is 1.14. The van der Waals surface area contributed by atoms with Gasteiger partial charge >= 0.3 is 0 Å². The van der Waals surface area contributed by atoms with Crippen molar-refractivity contribution in [3.05, 3.63) is 29.6 Å². The average Bonchev–Trinajstić information content (AvgIpc) is 2.07. The van der Waals surface area contributed by atoms with Crippen LogP contribution in [-0.4, -0.2) is 6.04 Å². The second-order valence-electron chi connectivity index (χ2n) is 3.37. The molecule has 0 fully saturated rings. The van der Waals surface area contributed by atoms with Gasteiger partial charge in [0.15, 0.2) is 0 Å². The van der Waals surface area contributed by atoms with Crippen molar-refractivity contribution < 1.29 is 4.39 Å². The molecule has 1 atom stereocenters. The minimum Gasteiger partial charge on any atom is -0.396 e. The Kier molecular flexibility index (Phi) is 3.25. The molecule has 0 aromatic heterocycles. The van der Waals surface area contributed by atoms with E-state index in [1.807, 2.05) is 6.92 Å². The first kappa shape index (κ1) is 9.99. The number of anilines is 1. The van der Waals surface area contributed by atoms with Gasteiger partial charge in [0.25, 0.3) is 0 Å². The molecule has 1 rings (SSSR count). The predicted molar refractivity (Wildman–Crippen MR) is 52.8 cm³/mol. The van der Waals surface area contributed by atoms with Crippen molar-refractivity contribution in [2.45, 2.75) is 25.8 Å². The van der Waals surface area contributed by atoms with E-state index in [4.69, 9.17) is 11.5 Å². The SMILES string of the molecule is CC(N)CCc1ccc(F)c(N)c1. The summed E-state index contributed by atoms with van der Waals surface area (Å²) in [5.41, 5.74) is 12.3. The van der Waals surface area contributed by atoms with Gasteiger partial charge < -0.3 is 11.5 Å². The number of hydrogen-bond acceptors (Lipinski definition) is 2. The normalized spacial score (nSPS) is 12.8. The highest BCUT2D eigenvalue weighted by molar-refractivity contribution is 5.42. The lowest BCUT2D eigenvalue weighted by Gasteiger charge is -2.05. The summed E-state index contributed by atoms with van der Waals surface area (Å²) in [6.45, 7) is 1.95. The minimum absolute atomic E-state index is 0.172. The van der Waals surface area contributed by atoms with Crippen LogP contribution < -0.4 is 11.5 Å². The molecule has 0 aliphatic heterocycles. The van der Waals surface area contributed by atoms with E-state index in [0.29, 0.717) is 0 Å². The van der Waals surface area contributed by atoms with Crippen LogP contribution in [0.5, 0.6) is 0 Å². The first-order valence-electron chi connectivity index (χ1n) is 4.39. The number of halogens is 1. The standard InChI is InChI=1S/C10H15FN2/c1-7(12)2-3-8-4-5-9(11)10(13)6-8/h4-7H,2-3,12-13H2,1H3. The molecule has 3 heteroatoms. The Bertz CT molecular complexity index is 284. The van der Waals surface area contributed by atoms with E-state index >= 15 is 0 Å². The lowest BCUT2D eigenvalue weighted by Crippen LogP contribution is -2.15. The fraction of sp³-hybridized carbons (Fsp3) is 0.400. The van der Waals surface area contributed by atoms with Gasteiger partial charge in [-0.3, -0.25) is 0 Å². The Morgan fingerprint density at radius 2 is 2.15 bits per heavy atom. The molecule has 13 heavy (non-hydrogen) atoms. The Hall–Kier alpha value is -1.09. The second-order valence-corrected chi connectivity index (χ2v) is 3.37. The van der Waals surface area contributed by atoms with Gasteiger partial charge in [-0.05, 0) is 37.5 Å². The van der Waals surface area contributed by atoms with Gasteiger partial charge in [0, 0.05) is 6.04 Å². The molecule has 1 aromatic rings. The van der Waals surface area contributed by atoms with E-state index in [-0.39, 0.29) is 17.5 Å². The number of benzene rings is 1. The summed E-state index contributed by atoms with van der Waals surface area (Å²) in [6, 6.07) is 4.98. The number of nitrogens with two attached hydrogens (primary N) is 2. The van der Waals surface area contributed by atoms with Crippen LogP contribution in [0.15, 0.2) is 18.2 Å². The van der Waals surface area contributed by atoms with E-state index in [1.165, 1.54) is 6.07 Å². The summed E-state index contributed by atoms with van der Waals surface area (Å²) in [7, 11) is 0. The fourth-order valence-corrected chi connectivity index (χ4v) is 1.14. The molecule has 72 valence electrons.